The van der Waals surface area contributed by atoms with Gasteiger partial charge in [-0.3, -0.25) is 4.98 Å². The van der Waals surface area contributed by atoms with Crippen LogP contribution >= 0.6 is 0 Å². The molecule has 8 nitrogen and oxygen atoms in total. The minimum atomic E-state index is -0.564. The molecule has 3 aromatic rings. The van der Waals surface area contributed by atoms with Crippen molar-refractivity contribution in [3.63, 3.8) is 0 Å². The Bertz CT molecular complexity index is 1390. The normalized spacial score (nSPS) is 21.0. The average Bonchev–Trinajstić information content (AvgIpc) is 3.11. The van der Waals surface area contributed by atoms with Crippen LogP contribution in [0.15, 0.2) is 43.0 Å². The third-order valence-electron chi connectivity index (χ3n) is 8.91. The number of nitrogens with zero attached hydrogens (tertiary/aromatic N) is 4. The quantitative estimate of drug-likeness (QED) is 0.140. The molecule has 0 radical (unpaired) electrons. The second kappa shape index (κ2) is 27.5. The fourth-order valence-electron chi connectivity index (χ4n) is 5.99. The Morgan fingerprint density at radius 1 is 0.811 bits per heavy atom. The summed E-state index contributed by atoms with van der Waals surface area (Å²) in [7, 11) is 0. The fourth-order valence-corrected chi connectivity index (χ4v) is 5.99. The topological polar surface area (TPSA) is 110 Å². The van der Waals surface area contributed by atoms with Gasteiger partial charge < -0.3 is 19.7 Å². The van der Waals surface area contributed by atoms with Crippen LogP contribution < -0.4 is 9.47 Å². The molecule has 0 atom stereocenters. The lowest BCUT2D eigenvalue weighted by Crippen LogP contribution is -2.40. The Kier molecular flexibility index (Phi) is 25.9. The summed E-state index contributed by atoms with van der Waals surface area (Å²) in [5.74, 6) is 3.42. The van der Waals surface area contributed by atoms with E-state index in [0.29, 0.717) is 12.5 Å². The lowest BCUT2D eigenvalue weighted by atomic mass is 9.70. The van der Waals surface area contributed by atoms with Crippen LogP contribution in [0.25, 0.3) is 11.0 Å². The first-order chi connectivity index (χ1) is 25.2. The van der Waals surface area contributed by atoms with Crippen molar-refractivity contribution in [2.75, 3.05) is 13.2 Å². The second-order valence-electron chi connectivity index (χ2n) is 14.7. The predicted octanol–water partition coefficient (Wildman–Crippen LogP) is 11.9. The van der Waals surface area contributed by atoms with E-state index < -0.39 is 5.60 Å². The summed E-state index contributed by atoms with van der Waals surface area (Å²) in [6.45, 7) is 30.2. The lowest BCUT2D eigenvalue weighted by Gasteiger charge is -2.40. The van der Waals surface area contributed by atoms with Gasteiger partial charge in [0.25, 0.3) is 0 Å². The van der Waals surface area contributed by atoms with Gasteiger partial charge in [0, 0.05) is 17.7 Å². The third kappa shape index (κ3) is 20.2. The predicted molar refractivity (Wildman–Crippen MR) is 225 cm³/mol. The van der Waals surface area contributed by atoms with Crippen LogP contribution in [-0.2, 0) is 0 Å². The summed E-state index contributed by atoms with van der Waals surface area (Å²) in [5.41, 5.74) is 3.95. The lowest BCUT2D eigenvalue weighted by molar-refractivity contribution is -0.0593. The molecular weight excluding hydrogens is 661 g/mol. The van der Waals surface area contributed by atoms with Gasteiger partial charge in [-0.25, -0.2) is 15.0 Å². The maximum absolute atomic E-state index is 9.90. The molecule has 0 saturated heterocycles. The summed E-state index contributed by atoms with van der Waals surface area (Å²) in [6, 6.07) is 3.96. The number of unbranched alkanes of at least 4 members (excludes halogenated alkanes) is 1. The van der Waals surface area contributed by atoms with Crippen LogP contribution in [0.4, 0.5) is 0 Å². The molecule has 2 aliphatic carbocycles. The maximum Gasteiger partial charge on any atom is 0.139 e. The molecule has 5 rings (SSSR count). The summed E-state index contributed by atoms with van der Waals surface area (Å²) in [4.78, 5) is 17.4. The van der Waals surface area contributed by atoms with E-state index in [1.807, 2.05) is 67.5 Å². The van der Waals surface area contributed by atoms with Crippen LogP contribution in [-0.4, -0.2) is 54.6 Å². The van der Waals surface area contributed by atoms with E-state index in [9.17, 15) is 10.2 Å². The zero-order chi connectivity index (χ0) is 40.5. The molecule has 3 aromatic heterocycles. The highest BCUT2D eigenvalue weighted by atomic mass is 16.5. The minimum Gasteiger partial charge on any atom is -0.492 e. The van der Waals surface area contributed by atoms with E-state index in [4.69, 9.17) is 9.47 Å². The molecule has 53 heavy (non-hydrogen) atoms. The van der Waals surface area contributed by atoms with Crippen LogP contribution in [0.5, 0.6) is 11.5 Å². The number of aliphatic hydroxyl groups is 2. The first-order valence-corrected chi connectivity index (χ1v) is 20.6. The third-order valence-corrected chi connectivity index (χ3v) is 8.91. The molecular formula is C45H78N4O4. The molecule has 0 aromatic carbocycles. The summed E-state index contributed by atoms with van der Waals surface area (Å²) >= 11 is 0. The SMILES string of the molecule is C/C=C/CC.CC.CC.CCCC1CC(C)(O)C1.CCCCOc1cnc2c(C3CC(C)(O)C3)ncnc2c1.Cc1cc(OCCC(C)C)cnc1C. The van der Waals surface area contributed by atoms with E-state index in [0.717, 1.165) is 97.8 Å². The monoisotopic (exact) mass is 739 g/mol. The van der Waals surface area contributed by atoms with E-state index in [-0.39, 0.29) is 11.5 Å². The number of hydrogen-bond acceptors (Lipinski definition) is 8. The molecule has 0 aliphatic heterocycles. The molecule has 2 fully saturated rings. The molecule has 302 valence electrons. The Morgan fingerprint density at radius 2 is 1.40 bits per heavy atom. The molecule has 2 aliphatic rings. The van der Waals surface area contributed by atoms with Gasteiger partial charge in [0.2, 0.25) is 0 Å². The molecule has 3 heterocycles. The van der Waals surface area contributed by atoms with Crippen LogP contribution in [0.3, 0.4) is 0 Å². The summed E-state index contributed by atoms with van der Waals surface area (Å²) in [6.07, 6.45) is 19.8. The first kappa shape index (κ1) is 49.9. The molecule has 0 spiro atoms. The standard InChI is InChI=1S/C16H21N3O2.C12H19NO.C8H16O.C5H10.2C2H6/c1-3-4-5-21-12-6-13-15(17-9-12)14(19-10-18-13)11-7-16(2,20)8-11;1-9(2)5-6-14-12-7-10(3)11(4)13-8-12;1-3-4-7-5-8(2,9)6-7;1-3-5-4-2;2*1-2/h6,9-11,20H,3-5,7-8H2,1-2H3;7-9H,5-6H2,1-4H3;7,9H,3-6H2,1-2H3;3,5H,4H2,1-2H3;2*1-2H3/b;;;5-3+;;. The van der Waals surface area contributed by atoms with Gasteiger partial charge in [-0.1, -0.05) is 93.7 Å². The van der Waals surface area contributed by atoms with Gasteiger partial charge in [-0.05, 0) is 103 Å². The summed E-state index contributed by atoms with van der Waals surface area (Å²) < 4.78 is 11.3. The zero-order valence-corrected chi connectivity index (χ0v) is 36.3. The Morgan fingerprint density at radius 3 is 1.89 bits per heavy atom. The van der Waals surface area contributed by atoms with Gasteiger partial charge in [0.1, 0.15) is 23.3 Å². The van der Waals surface area contributed by atoms with E-state index in [1.54, 1.807) is 18.7 Å². The number of ether oxygens (including phenoxy) is 2. The molecule has 0 amide bonds. The Labute approximate surface area is 324 Å². The van der Waals surface area contributed by atoms with Gasteiger partial charge in [-0.15, -0.1) is 0 Å². The van der Waals surface area contributed by atoms with Crippen molar-refractivity contribution < 1.29 is 19.7 Å². The van der Waals surface area contributed by atoms with Crippen molar-refractivity contribution in [1.82, 2.24) is 19.9 Å². The van der Waals surface area contributed by atoms with E-state index in [1.165, 1.54) is 18.4 Å². The molecule has 2 N–H and O–H groups in total. The highest BCUT2D eigenvalue weighted by Crippen LogP contribution is 2.45. The number of aromatic nitrogens is 4. The van der Waals surface area contributed by atoms with Gasteiger partial charge in [0.15, 0.2) is 0 Å². The van der Waals surface area contributed by atoms with Crippen LogP contribution in [0.1, 0.15) is 170 Å². The van der Waals surface area contributed by atoms with E-state index in [2.05, 4.69) is 73.6 Å². The van der Waals surface area contributed by atoms with Crippen molar-refractivity contribution in [2.24, 2.45) is 11.8 Å². The van der Waals surface area contributed by atoms with Crippen LogP contribution in [0.2, 0.25) is 0 Å². The highest BCUT2D eigenvalue weighted by molar-refractivity contribution is 5.78. The highest BCUT2D eigenvalue weighted by Gasteiger charge is 2.41. The fraction of sp³-hybridized carbons (Fsp3) is 0.689. The Balaban J connectivity index is 0.000000731. The minimum absolute atomic E-state index is 0.268. The Hall–Kier alpha value is -3.10. The largest absolute Gasteiger partial charge is 0.492 e. The zero-order valence-electron chi connectivity index (χ0n) is 36.3. The first-order valence-electron chi connectivity index (χ1n) is 20.6. The number of pyridine rings is 2. The number of aryl methyl sites for hydroxylation is 2. The second-order valence-corrected chi connectivity index (χ2v) is 14.7. The van der Waals surface area contributed by atoms with Crippen molar-refractivity contribution in [2.45, 2.75) is 178 Å². The molecule has 0 unspecified atom stereocenters. The van der Waals surface area contributed by atoms with Crippen LogP contribution in [0, 0.1) is 25.7 Å². The smallest absolute Gasteiger partial charge is 0.139 e. The van der Waals surface area contributed by atoms with Gasteiger partial charge in [0.05, 0.1) is 48.0 Å². The van der Waals surface area contributed by atoms with Crippen molar-refractivity contribution in [3.8, 4) is 11.5 Å². The summed E-state index contributed by atoms with van der Waals surface area (Å²) in [5, 5.41) is 19.2. The van der Waals surface area contributed by atoms with Gasteiger partial charge >= 0.3 is 0 Å². The number of rotatable bonds is 12. The molecule has 2 saturated carbocycles. The number of hydrogen-bond donors (Lipinski definition) is 2. The number of fused-ring (bicyclic) bond motifs is 1. The van der Waals surface area contributed by atoms with Crippen molar-refractivity contribution >= 4 is 11.0 Å². The average molecular weight is 739 g/mol. The maximum atomic E-state index is 9.90. The molecule has 8 heteroatoms. The van der Waals surface area contributed by atoms with Gasteiger partial charge in [-0.2, -0.15) is 0 Å². The van der Waals surface area contributed by atoms with Crippen molar-refractivity contribution in [1.29, 1.82) is 0 Å². The van der Waals surface area contributed by atoms with E-state index >= 15 is 0 Å². The number of allylic oxidation sites excluding steroid dienone is 2. The van der Waals surface area contributed by atoms with Crippen molar-refractivity contribution in [3.05, 3.63) is 60.0 Å². The molecule has 0 bridgehead atoms.